The highest BCUT2D eigenvalue weighted by molar-refractivity contribution is 14.1. The van der Waals surface area contributed by atoms with Crippen LogP contribution in [0.5, 0.6) is 0 Å². The minimum atomic E-state index is -0.107. The Morgan fingerprint density at radius 3 is 2.72 bits per heavy atom. The van der Waals surface area contributed by atoms with Crippen molar-refractivity contribution in [2.45, 2.75) is 19.8 Å². The van der Waals surface area contributed by atoms with E-state index >= 15 is 0 Å². The van der Waals surface area contributed by atoms with E-state index in [0.717, 1.165) is 9.26 Å². The normalized spacial score (nSPS) is 10.7. The maximum absolute atomic E-state index is 12.1. The largest absolute Gasteiger partial charge is 0.298 e. The number of hydrogen-bond acceptors (Lipinski definition) is 3. The van der Waals surface area contributed by atoms with Crippen LogP contribution in [0.25, 0.3) is 0 Å². The molecule has 1 aromatic heterocycles. The van der Waals surface area contributed by atoms with E-state index in [-0.39, 0.29) is 5.91 Å². The minimum absolute atomic E-state index is 0.107. The van der Waals surface area contributed by atoms with Crippen LogP contribution in [0.1, 0.15) is 35.8 Å². The number of nitrogens with zero attached hydrogens (tertiary/aromatic N) is 1. The van der Waals surface area contributed by atoms with Crippen molar-refractivity contribution >= 4 is 45.0 Å². The molecule has 0 unspecified atom stereocenters. The number of amides is 1. The Balaban J connectivity index is 2.14. The fourth-order valence-electron chi connectivity index (χ4n) is 1.42. The number of aromatic nitrogens is 1. The van der Waals surface area contributed by atoms with Crippen molar-refractivity contribution < 1.29 is 4.79 Å². The summed E-state index contributed by atoms with van der Waals surface area (Å²) < 4.78 is 0.938. The van der Waals surface area contributed by atoms with E-state index in [1.807, 2.05) is 29.6 Å². The lowest BCUT2D eigenvalue weighted by atomic mass is 10.2. The third-order valence-electron chi connectivity index (χ3n) is 2.45. The maximum atomic E-state index is 12.1. The SMILES string of the molecule is CC(C)c1csc(NC(=O)c2ccccc2I)n1. The van der Waals surface area contributed by atoms with E-state index in [1.54, 1.807) is 0 Å². The monoisotopic (exact) mass is 372 g/mol. The Kier molecular flexibility index (Phi) is 4.34. The van der Waals surface area contributed by atoms with Crippen molar-refractivity contribution in [3.05, 3.63) is 44.5 Å². The molecule has 0 aliphatic carbocycles. The molecule has 0 aliphatic rings. The molecule has 2 rings (SSSR count). The molecule has 0 bridgehead atoms. The van der Waals surface area contributed by atoms with Gasteiger partial charge in [-0.15, -0.1) is 11.3 Å². The van der Waals surface area contributed by atoms with Crippen LogP contribution < -0.4 is 5.32 Å². The molecule has 0 radical (unpaired) electrons. The first-order chi connectivity index (χ1) is 8.58. The average molecular weight is 372 g/mol. The van der Waals surface area contributed by atoms with E-state index in [2.05, 4.69) is 46.7 Å². The molecule has 94 valence electrons. The Morgan fingerprint density at radius 2 is 2.11 bits per heavy atom. The van der Waals surface area contributed by atoms with Gasteiger partial charge >= 0.3 is 0 Å². The zero-order chi connectivity index (χ0) is 13.1. The summed E-state index contributed by atoms with van der Waals surface area (Å²) in [4.78, 5) is 16.5. The Labute approximate surface area is 124 Å². The number of carbonyl (C=O) groups is 1. The molecule has 0 aliphatic heterocycles. The summed E-state index contributed by atoms with van der Waals surface area (Å²) in [5.74, 6) is 0.272. The number of halogens is 1. The lowest BCUT2D eigenvalue weighted by Gasteiger charge is -2.03. The maximum Gasteiger partial charge on any atom is 0.258 e. The van der Waals surface area contributed by atoms with Gasteiger partial charge in [0.05, 0.1) is 11.3 Å². The molecule has 3 nitrogen and oxygen atoms in total. The molecule has 0 saturated carbocycles. The van der Waals surface area contributed by atoms with Gasteiger partial charge in [0.25, 0.3) is 5.91 Å². The zero-order valence-corrected chi connectivity index (χ0v) is 13.1. The summed E-state index contributed by atoms with van der Waals surface area (Å²) in [5, 5.41) is 5.48. The molecule has 0 fully saturated rings. The highest BCUT2D eigenvalue weighted by Crippen LogP contribution is 2.22. The molecule has 5 heteroatoms. The van der Waals surface area contributed by atoms with Crippen LogP contribution >= 0.6 is 33.9 Å². The van der Waals surface area contributed by atoms with Gasteiger partial charge in [-0.05, 0) is 40.6 Å². The van der Waals surface area contributed by atoms with Crippen LogP contribution in [0.3, 0.4) is 0 Å². The summed E-state index contributed by atoms with van der Waals surface area (Å²) in [6.07, 6.45) is 0. The molecule has 0 saturated heterocycles. The van der Waals surface area contributed by atoms with E-state index in [0.29, 0.717) is 16.6 Å². The van der Waals surface area contributed by atoms with Crippen molar-refractivity contribution in [3.63, 3.8) is 0 Å². The van der Waals surface area contributed by atoms with Crippen molar-refractivity contribution in [3.8, 4) is 0 Å². The van der Waals surface area contributed by atoms with Crippen molar-refractivity contribution in [2.75, 3.05) is 5.32 Å². The zero-order valence-electron chi connectivity index (χ0n) is 10.1. The van der Waals surface area contributed by atoms with Gasteiger partial charge in [-0.25, -0.2) is 4.98 Å². The summed E-state index contributed by atoms with van der Waals surface area (Å²) in [7, 11) is 0. The lowest BCUT2D eigenvalue weighted by Crippen LogP contribution is -2.13. The summed E-state index contributed by atoms with van der Waals surface area (Å²) in [6.45, 7) is 4.17. The van der Waals surface area contributed by atoms with Gasteiger partial charge in [-0.3, -0.25) is 10.1 Å². The molecule has 0 spiro atoms. The van der Waals surface area contributed by atoms with Gasteiger partial charge in [-0.1, -0.05) is 26.0 Å². The molecule has 18 heavy (non-hydrogen) atoms. The molecule has 1 aromatic carbocycles. The lowest BCUT2D eigenvalue weighted by molar-refractivity contribution is 0.102. The minimum Gasteiger partial charge on any atom is -0.298 e. The highest BCUT2D eigenvalue weighted by Gasteiger charge is 2.12. The topological polar surface area (TPSA) is 42.0 Å². The van der Waals surface area contributed by atoms with Gasteiger partial charge in [0, 0.05) is 8.95 Å². The van der Waals surface area contributed by atoms with Crippen LogP contribution in [0.4, 0.5) is 5.13 Å². The number of benzene rings is 1. The molecular weight excluding hydrogens is 359 g/mol. The summed E-state index contributed by atoms with van der Waals surface area (Å²) in [6, 6.07) is 7.50. The second-order valence-corrected chi connectivity index (χ2v) is 6.19. The summed E-state index contributed by atoms with van der Waals surface area (Å²) >= 11 is 3.62. The first kappa shape index (κ1) is 13.5. The van der Waals surface area contributed by atoms with E-state index < -0.39 is 0 Å². The summed E-state index contributed by atoms with van der Waals surface area (Å²) in [5.41, 5.74) is 1.69. The van der Waals surface area contributed by atoms with Crippen LogP contribution in [-0.4, -0.2) is 10.9 Å². The number of thiazole rings is 1. The third-order valence-corrected chi connectivity index (χ3v) is 4.17. The Morgan fingerprint density at radius 1 is 1.39 bits per heavy atom. The predicted molar refractivity (Wildman–Crippen MR) is 83.3 cm³/mol. The second kappa shape index (κ2) is 5.79. The molecule has 1 N–H and O–H groups in total. The quantitative estimate of drug-likeness (QED) is 0.824. The number of nitrogens with one attached hydrogen (secondary N) is 1. The average Bonchev–Trinajstić information content (AvgIpc) is 2.78. The molecule has 1 heterocycles. The van der Waals surface area contributed by atoms with Gasteiger partial charge in [-0.2, -0.15) is 0 Å². The van der Waals surface area contributed by atoms with Crippen LogP contribution in [0.15, 0.2) is 29.6 Å². The van der Waals surface area contributed by atoms with Gasteiger partial charge in [0.2, 0.25) is 0 Å². The smallest absolute Gasteiger partial charge is 0.258 e. The van der Waals surface area contributed by atoms with Crippen LogP contribution in [0, 0.1) is 3.57 Å². The van der Waals surface area contributed by atoms with Gasteiger partial charge < -0.3 is 0 Å². The van der Waals surface area contributed by atoms with Crippen LogP contribution in [0.2, 0.25) is 0 Å². The van der Waals surface area contributed by atoms with E-state index in [4.69, 9.17) is 0 Å². The standard InChI is InChI=1S/C13H13IN2OS/c1-8(2)11-7-18-13(15-11)16-12(17)9-5-3-4-6-10(9)14/h3-8H,1-2H3,(H,15,16,17). The number of carbonyl (C=O) groups excluding carboxylic acids is 1. The Hall–Kier alpha value is -0.950. The van der Waals surface area contributed by atoms with Crippen molar-refractivity contribution in [1.29, 1.82) is 0 Å². The second-order valence-electron chi connectivity index (χ2n) is 4.17. The number of anilines is 1. The fraction of sp³-hybridized carbons (Fsp3) is 0.231. The van der Waals surface area contributed by atoms with Crippen molar-refractivity contribution in [1.82, 2.24) is 4.98 Å². The Bertz CT molecular complexity index is 566. The van der Waals surface area contributed by atoms with Gasteiger partial charge in [0.1, 0.15) is 0 Å². The fourth-order valence-corrected chi connectivity index (χ4v) is 2.92. The van der Waals surface area contributed by atoms with E-state index in [1.165, 1.54) is 11.3 Å². The number of hydrogen-bond donors (Lipinski definition) is 1. The van der Waals surface area contributed by atoms with Crippen LogP contribution in [-0.2, 0) is 0 Å². The number of rotatable bonds is 3. The predicted octanol–water partition coefficient (Wildman–Crippen LogP) is 4.12. The molecule has 0 atom stereocenters. The van der Waals surface area contributed by atoms with Crippen molar-refractivity contribution in [2.24, 2.45) is 0 Å². The highest BCUT2D eigenvalue weighted by atomic mass is 127. The molecule has 1 amide bonds. The van der Waals surface area contributed by atoms with Gasteiger partial charge in [0.15, 0.2) is 5.13 Å². The third kappa shape index (κ3) is 3.08. The van der Waals surface area contributed by atoms with E-state index in [9.17, 15) is 4.79 Å². The molecule has 2 aromatic rings. The first-order valence-electron chi connectivity index (χ1n) is 5.59. The first-order valence-corrected chi connectivity index (χ1v) is 7.55. The molecular formula is C13H13IN2OS.